The average molecular weight is 437 g/mol. The van der Waals surface area contributed by atoms with Crippen LogP contribution in [-0.2, 0) is 20.9 Å². The van der Waals surface area contributed by atoms with Crippen molar-refractivity contribution < 1.29 is 19.1 Å². The van der Waals surface area contributed by atoms with E-state index >= 15 is 0 Å². The van der Waals surface area contributed by atoms with Crippen LogP contribution < -0.4 is 15.5 Å². The van der Waals surface area contributed by atoms with E-state index in [9.17, 15) is 14.4 Å². The van der Waals surface area contributed by atoms with Gasteiger partial charge in [0, 0.05) is 11.8 Å². The van der Waals surface area contributed by atoms with E-state index in [0.717, 1.165) is 5.56 Å². The van der Waals surface area contributed by atoms with Gasteiger partial charge in [0.1, 0.15) is 5.75 Å². The van der Waals surface area contributed by atoms with E-state index in [4.69, 9.17) is 9.47 Å². The standard InChI is InChI=1S/C24H27N3O5/c1-16(2)32-24(30)14-20(17-8-10-18(31-3)11-9-17)26-23(29)12-13-27-21-7-5-4-6-19(21)22(28)15-25-27/h4-11,15-16,20H,12-14H2,1-3H3,(H,26,29). The number of aryl methyl sites for hydroxylation is 1. The molecule has 0 saturated carbocycles. The fourth-order valence-electron chi connectivity index (χ4n) is 3.38. The van der Waals surface area contributed by atoms with E-state index in [-0.39, 0.29) is 30.3 Å². The maximum atomic E-state index is 12.7. The molecule has 1 atom stereocenters. The summed E-state index contributed by atoms with van der Waals surface area (Å²) in [4.78, 5) is 37.0. The van der Waals surface area contributed by atoms with E-state index in [1.807, 2.05) is 18.2 Å². The van der Waals surface area contributed by atoms with Gasteiger partial charge in [-0.25, -0.2) is 0 Å². The minimum Gasteiger partial charge on any atom is -0.497 e. The molecule has 1 amide bonds. The summed E-state index contributed by atoms with van der Waals surface area (Å²) < 4.78 is 12.1. The van der Waals surface area contributed by atoms with Crippen molar-refractivity contribution in [3.63, 3.8) is 0 Å². The molecule has 32 heavy (non-hydrogen) atoms. The maximum Gasteiger partial charge on any atom is 0.308 e. The number of carbonyl (C=O) groups is 2. The third kappa shape index (κ3) is 5.94. The summed E-state index contributed by atoms with van der Waals surface area (Å²) >= 11 is 0. The molecule has 0 aliphatic rings. The fraction of sp³-hybridized carbons (Fsp3) is 0.333. The van der Waals surface area contributed by atoms with Gasteiger partial charge >= 0.3 is 5.97 Å². The predicted molar refractivity (Wildman–Crippen MR) is 120 cm³/mol. The Morgan fingerprint density at radius 1 is 1.09 bits per heavy atom. The van der Waals surface area contributed by atoms with Crippen LogP contribution in [0, 0.1) is 0 Å². The van der Waals surface area contributed by atoms with Gasteiger partial charge in [-0.05, 0) is 43.7 Å². The molecule has 0 aliphatic carbocycles. The Balaban J connectivity index is 1.72. The van der Waals surface area contributed by atoms with Crippen LogP contribution in [0.2, 0.25) is 0 Å². The molecule has 1 unspecified atom stereocenters. The lowest BCUT2D eigenvalue weighted by molar-refractivity contribution is -0.148. The highest BCUT2D eigenvalue weighted by Gasteiger charge is 2.20. The molecule has 168 valence electrons. The van der Waals surface area contributed by atoms with Crippen LogP contribution in [0.1, 0.15) is 38.3 Å². The largest absolute Gasteiger partial charge is 0.497 e. The molecular formula is C24H27N3O5. The van der Waals surface area contributed by atoms with Crippen molar-refractivity contribution in [2.75, 3.05) is 7.11 Å². The lowest BCUT2D eigenvalue weighted by Gasteiger charge is -2.20. The van der Waals surface area contributed by atoms with Gasteiger partial charge in [-0.3, -0.25) is 19.1 Å². The number of esters is 1. The van der Waals surface area contributed by atoms with Crippen molar-refractivity contribution in [3.8, 4) is 5.75 Å². The lowest BCUT2D eigenvalue weighted by atomic mass is 10.0. The van der Waals surface area contributed by atoms with E-state index < -0.39 is 12.0 Å². The predicted octanol–water partition coefficient (Wildman–Crippen LogP) is 2.99. The van der Waals surface area contributed by atoms with Crippen molar-refractivity contribution in [3.05, 3.63) is 70.5 Å². The van der Waals surface area contributed by atoms with E-state index in [0.29, 0.717) is 23.2 Å². The van der Waals surface area contributed by atoms with Gasteiger partial charge in [0.2, 0.25) is 11.3 Å². The number of hydrogen-bond donors (Lipinski definition) is 1. The molecule has 0 fully saturated rings. The highest BCUT2D eigenvalue weighted by Crippen LogP contribution is 2.21. The summed E-state index contributed by atoms with van der Waals surface area (Å²) in [6, 6.07) is 13.8. The van der Waals surface area contributed by atoms with Gasteiger partial charge in [-0.1, -0.05) is 24.3 Å². The zero-order valence-corrected chi connectivity index (χ0v) is 18.4. The second kappa shape index (κ2) is 10.6. The number of rotatable bonds is 9. The zero-order chi connectivity index (χ0) is 23.1. The number of hydrogen-bond acceptors (Lipinski definition) is 6. The number of methoxy groups -OCH3 is 1. The summed E-state index contributed by atoms with van der Waals surface area (Å²) in [5, 5.41) is 7.62. The van der Waals surface area contributed by atoms with Crippen LogP contribution in [0.5, 0.6) is 5.75 Å². The zero-order valence-electron chi connectivity index (χ0n) is 18.4. The third-order valence-electron chi connectivity index (χ3n) is 4.90. The van der Waals surface area contributed by atoms with E-state index in [1.54, 1.807) is 56.0 Å². The Morgan fingerprint density at radius 2 is 1.81 bits per heavy atom. The fourth-order valence-corrected chi connectivity index (χ4v) is 3.38. The summed E-state index contributed by atoms with van der Waals surface area (Å²) in [5.74, 6) is 0.0432. The molecule has 1 N–H and O–H groups in total. The molecule has 3 rings (SSSR count). The summed E-state index contributed by atoms with van der Waals surface area (Å²) in [5.41, 5.74) is 1.27. The number of amides is 1. The number of aromatic nitrogens is 2. The van der Waals surface area contributed by atoms with Crippen molar-refractivity contribution in [2.45, 2.75) is 45.4 Å². The third-order valence-corrected chi connectivity index (χ3v) is 4.90. The molecule has 0 bridgehead atoms. The Hall–Kier alpha value is -3.68. The van der Waals surface area contributed by atoms with Gasteiger partial charge in [-0.2, -0.15) is 5.10 Å². The quantitative estimate of drug-likeness (QED) is 0.517. The van der Waals surface area contributed by atoms with Crippen LogP contribution in [0.4, 0.5) is 0 Å². The number of nitrogens with zero attached hydrogens (tertiary/aromatic N) is 2. The van der Waals surface area contributed by atoms with E-state index in [1.165, 1.54) is 6.20 Å². The maximum absolute atomic E-state index is 12.7. The van der Waals surface area contributed by atoms with Crippen LogP contribution in [0.3, 0.4) is 0 Å². The first-order chi connectivity index (χ1) is 15.4. The van der Waals surface area contributed by atoms with Crippen molar-refractivity contribution in [2.24, 2.45) is 0 Å². The van der Waals surface area contributed by atoms with Crippen LogP contribution in [-0.4, -0.2) is 34.9 Å². The first kappa shape index (κ1) is 23.0. The minimum absolute atomic E-state index is 0.00938. The highest BCUT2D eigenvalue weighted by molar-refractivity contribution is 5.80. The molecule has 1 heterocycles. The van der Waals surface area contributed by atoms with Crippen LogP contribution >= 0.6 is 0 Å². The molecule has 0 aliphatic heterocycles. The lowest BCUT2D eigenvalue weighted by Crippen LogP contribution is -2.32. The molecule has 1 aromatic heterocycles. The molecule has 8 nitrogen and oxygen atoms in total. The number of nitrogens with one attached hydrogen (secondary N) is 1. The molecule has 8 heteroatoms. The second-order valence-corrected chi connectivity index (χ2v) is 7.64. The van der Waals surface area contributed by atoms with Gasteiger partial charge in [0.15, 0.2) is 0 Å². The normalized spacial score (nSPS) is 11.9. The second-order valence-electron chi connectivity index (χ2n) is 7.64. The van der Waals surface area contributed by atoms with Gasteiger partial charge < -0.3 is 14.8 Å². The molecular weight excluding hydrogens is 410 g/mol. The van der Waals surface area contributed by atoms with Crippen LogP contribution in [0.25, 0.3) is 10.9 Å². The first-order valence-electron chi connectivity index (χ1n) is 10.4. The smallest absolute Gasteiger partial charge is 0.308 e. The van der Waals surface area contributed by atoms with Gasteiger partial charge in [0.05, 0.1) is 43.9 Å². The molecule has 0 radical (unpaired) electrons. The van der Waals surface area contributed by atoms with Gasteiger partial charge in [-0.15, -0.1) is 0 Å². The monoisotopic (exact) mass is 437 g/mol. The minimum atomic E-state index is -0.543. The first-order valence-corrected chi connectivity index (χ1v) is 10.4. The number of benzene rings is 2. The Kier molecular flexibility index (Phi) is 7.59. The Bertz CT molecular complexity index is 1140. The number of carbonyl (C=O) groups excluding carboxylic acids is 2. The molecule has 0 spiro atoms. The Morgan fingerprint density at radius 3 is 2.50 bits per heavy atom. The average Bonchev–Trinajstić information content (AvgIpc) is 2.78. The van der Waals surface area contributed by atoms with Crippen molar-refractivity contribution in [1.29, 1.82) is 0 Å². The van der Waals surface area contributed by atoms with Gasteiger partial charge in [0.25, 0.3) is 0 Å². The SMILES string of the molecule is COc1ccc(C(CC(=O)OC(C)C)NC(=O)CCn2ncc(=O)c3ccccc32)cc1. The number of para-hydroxylation sites is 1. The van der Waals surface area contributed by atoms with Crippen molar-refractivity contribution in [1.82, 2.24) is 15.1 Å². The van der Waals surface area contributed by atoms with Crippen LogP contribution in [0.15, 0.2) is 59.5 Å². The highest BCUT2D eigenvalue weighted by atomic mass is 16.5. The number of ether oxygens (including phenoxy) is 2. The molecule has 2 aromatic carbocycles. The van der Waals surface area contributed by atoms with E-state index in [2.05, 4.69) is 10.4 Å². The molecule has 3 aromatic rings. The Labute approximate surface area is 186 Å². The molecule has 0 saturated heterocycles. The summed E-state index contributed by atoms with van der Waals surface area (Å²) in [7, 11) is 1.57. The number of fused-ring (bicyclic) bond motifs is 1. The summed E-state index contributed by atoms with van der Waals surface area (Å²) in [6.45, 7) is 3.85. The van der Waals surface area contributed by atoms with Crippen molar-refractivity contribution >= 4 is 22.8 Å². The summed E-state index contributed by atoms with van der Waals surface area (Å²) in [6.07, 6.45) is 1.15. The topological polar surface area (TPSA) is 99.5 Å².